The van der Waals surface area contributed by atoms with E-state index in [0.29, 0.717) is 25.9 Å². The van der Waals surface area contributed by atoms with Crippen molar-refractivity contribution in [2.75, 3.05) is 26.4 Å². The lowest BCUT2D eigenvalue weighted by Gasteiger charge is -2.15. The van der Waals surface area contributed by atoms with Crippen LogP contribution >= 0.6 is 0 Å². The third kappa shape index (κ3) is 8.05. The molecule has 0 heterocycles. The van der Waals surface area contributed by atoms with Gasteiger partial charge >= 0.3 is 0 Å². The minimum atomic E-state index is 0.103. The van der Waals surface area contributed by atoms with Crippen LogP contribution in [-0.2, 0) is 16.0 Å². The third-order valence-corrected chi connectivity index (χ3v) is 2.97. The highest BCUT2D eigenvalue weighted by Gasteiger charge is 2.05. The average molecular weight is 295 g/mol. The molecule has 0 radical (unpaired) electrons. The zero-order chi connectivity index (χ0) is 15.5. The number of hydrogen-bond donors (Lipinski definition) is 1. The number of benzene rings is 1. The van der Waals surface area contributed by atoms with Gasteiger partial charge in [-0.05, 0) is 19.9 Å². The molecule has 0 aliphatic heterocycles. The molecule has 1 atom stereocenters. The van der Waals surface area contributed by atoms with Gasteiger partial charge < -0.3 is 19.5 Å². The molecule has 120 valence electrons. The summed E-state index contributed by atoms with van der Waals surface area (Å²) in [5.41, 5.74) is 1.17. The van der Waals surface area contributed by atoms with E-state index >= 15 is 0 Å². The van der Waals surface area contributed by atoms with E-state index in [-0.39, 0.29) is 6.10 Å². The van der Waals surface area contributed by atoms with Crippen molar-refractivity contribution in [1.29, 1.82) is 0 Å². The van der Waals surface area contributed by atoms with Crippen LogP contribution in [-0.4, -0.2) is 38.6 Å². The van der Waals surface area contributed by atoms with Gasteiger partial charge in [-0.15, -0.1) is 0 Å². The summed E-state index contributed by atoms with van der Waals surface area (Å²) in [6.45, 7) is 11.6. The number of hydrogen-bond acceptors (Lipinski definition) is 4. The molecule has 0 aliphatic rings. The molecule has 0 saturated carbocycles. The molecule has 21 heavy (non-hydrogen) atoms. The quantitative estimate of drug-likeness (QED) is 0.637. The molecule has 1 aromatic carbocycles. The maximum absolute atomic E-state index is 5.82. The zero-order valence-electron chi connectivity index (χ0n) is 13.7. The predicted molar refractivity (Wildman–Crippen MR) is 85.8 cm³/mol. The Bertz CT molecular complexity index is 382. The molecule has 0 aromatic heterocycles. The molecular formula is C17H29NO3. The first-order valence-corrected chi connectivity index (χ1v) is 7.77. The van der Waals surface area contributed by atoms with E-state index in [4.69, 9.17) is 14.2 Å². The van der Waals surface area contributed by atoms with Crippen molar-refractivity contribution in [2.24, 2.45) is 0 Å². The SMILES string of the molecule is CCOCC(C)OCCOc1ccccc1CNC(C)C. The van der Waals surface area contributed by atoms with E-state index in [2.05, 4.69) is 25.2 Å². The highest BCUT2D eigenvalue weighted by atomic mass is 16.5. The molecule has 1 rings (SSSR count). The molecule has 0 amide bonds. The summed E-state index contributed by atoms with van der Waals surface area (Å²) in [6.07, 6.45) is 0.103. The van der Waals surface area contributed by atoms with Gasteiger partial charge in [0.2, 0.25) is 0 Å². The second-order valence-electron chi connectivity index (χ2n) is 5.33. The van der Waals surface area contributed by atoms with Crippen LogP contribution in [0.2, 0.25) is 0 Å². The van der Waals surface area contributed by atoms with Gasteiger partial charge in [-0.2, -0.15) is 0 Å². The van der Waals surface area contributed by atoms with Crippen molar-refractivity contribution in [3.63, 3.8) is 0 Å². The summed E-state index contributed by atoms with van der Waals surface area (Å²) in [4.78, 5) is 0. The number of para-hydroxylation sites is 1. The van der Waals surface area contributed by atoms with Crippen LogP contribution in [0.3, 0.4) is 0 Å². The van der Waals surface area contributed by atoms with Gasteiger partial charge in [0.15, 0.2) is 0 Å². The van der Waals surface area contributed by atoms with Crippen molar-refractivity contribution < 1.29 is 14.2 Å². The minimum Gasteiger partial charge on any atom is -0.491 e. The van der Waals surface area contributed by atoms with Gasteiger partial charge in [0.1, 0.15) is 12.4 Å². The van der Waals surface area contributed by atoms with Gasteiger partial charge in [-0.25, -0.2) is 0 Å². The molecule has 0 bridgehead atoms. The Morgan fingerprint density at radius 3 is 2.57 bits per heavy atom. The third-order valence-electron chi connectivity index (χ3n) is 2.97. The number of nitrogens with one attached hydrogen (secondary N) is 1. The summed E-state index contributed by atoms with van der Waals surface area (Å²) < 4.78 is 16.8. The predicted octanol–water partition coefficient (Wildman–Crippen LogP) is 3.01. The summed E-state index contributed by atoms with van der Waals surface area (Å²) in [7, 11) is 0. The first-order valence-electron chi connectivity index (χ1n) is 7.77. The van der Waals surface area contributed by atoms with Crippen LogP contribution in [0.25, 0.3) is 0 Å². The van der Waals surface area contributed by atoms with Crippen molar-refractivity contribution in [1.82, 2.24) is 5.32 Å². The van der Waals surface area contributed by atoms with E-state index < -0.39 is 0 Å². The van der Waals surface area contributed by atoms with Crippen molar-refractivity contribution in [3.05, 3.63) is 29.8 Å². The van der Waals surface area contributed by atoms with Crippen LogP contribution in [0.4, 0.5) is 0 Å². The lowest BCUT2D eigenvalue weighted by atomic mass is 10.2. The fraction of sp³-hybridized carbons (Fsp3) is 0.647. The standard InChI is InChI=1S/C17H29NO3/c1-5-19-13-15(4)20-10-11-21-17-9-7-6-8-16(17)12-18-14(2)3/h6-9,14-15,18H,5,10-13H2,1-4H3. The fourth-order valence-electron chi connectivity index (χ4n) is 1.84. The molecule has 0 fully saturated rings. The maximum Gasteiger partial charge on any atom is 0.123 e. The van der Waals surface area contributed by atoms with Gasteiger partial charge in [0.25, 0.3) is 0 Å². The molecule has 4 nitrogen and oxygen atoms in total. The van der Waals surface area contributed by atoms with Crippen LogP contribution < -0.4 is 10.1 Å². The molecule has 1 N–H and O–H groups in total. The summed E-state index contributed by atoms with van der Waals surface area (Å²) in [5.74, 6) is 0.923. The van der Waals surface area contributed by atoms with Crippen LogP contribution in [0.5, 0.6) is 5.75 Å². The van der Waals surface area contributed by atoms with E-state index in [9.17, 15) is 0 Å². The summed E-state index contributed by atoms with van der Waals surface area (Å²) in [5, 5.41) is 3.41. The molecule has 1 unspecified atom stereocenters. The number of ether oxygens (including phenoxy) is 3. The normalized spacial score (nSPS) is 12.6. The second kappa shape index (κ2) is 10.6. The Hall–Kier alpha value is -1.10. The summed E-state index contributed by atoms with van der Waals surface area (Å²) in [6, 6.07) is 8.57. The fourth-order valence-corrected chi connectivity index (χ4v) is 1.84. The van der Waals surface area contributed by atoms with E-state index in [1.54, 1.807) is 0 Å². The highest BCUT2D eigenvalue weighted by molar-refractivity contribution is 5.33. The Morgan fingerprint density at radius 1 is 1.10 bits per heavy atom. The van der Waals surface area contributed by atoms with Gasteiger partial charge in [0, 0.05) is 24.8 Å². The Morgan fingerprint density at radius 2 is 1.86 bits per heavy atom. The second-order valence-corrected chi connectivity index (χ2v) is 5.33. The highest BCUT2D eigenvalue weighted by Crippen LogP contribution is 2.17. The number of rotatable bonds is 11. The molecule has 0 spiro atoms. The molecule has 1 aromatic rings. The van der Waals surface area contributed by atoms with Gasteiger partial charge in [-0.3, -0.25) is 0 Å². The molecular weight excluding hydrogens is 266 g/mol. The minimum absolute atomic E-state index is 0.103. The largest absolute Gasteiger partial charge is 0.491 e. The summed E-state index contributed by atoms with van der Waals surface area (Å²) >= 11 is 0. The van der Waals surface area contributed by atoms with Crippen molar-refractivity contribution in [2.45, 2.75) is 46.4 Å². The Labute approximate surface area is 128 Å². The molecule has 0 saturated heterocycles. The molecule has 0 aliphatic carbocycles. The first-order chi connectivity index (χ1) is 10.1. The molecule has 4 heteroatoms. The van der Waals surface area contributed by atoms with Gasteiger partial charge in [0.05, 0.1) is 19.3 Å². The Balaban J connectivity index is 2.31. The lowest BCUT2D eigenvalue weighted by molar-refractivity contribution is -0.0128. The van der Waals surface area contributed by atoms with E-state index in [1.807, 2.05) is 32.0 Å². The Kier molecular flexibility index (Phi) is 9.06. The van der Waals surface area contributed by atoms with Gasteiger partial charge in [-0.1, -0.05) is 32.0 Å². The monoisotopic (exact) mass is 295 g/mol. The zero-order valence-corrected chi connectivity index (χ0v) is 13.7. The first kappa shape index (κ1) is 18.0. The van der Waals surface area contributed by atoms with Crippen LogP contribution in [0.1, 0.15) is 33.3 Å². The van der Waals surface area contributed by atoms with Crippen molar-refractivity contribution in [3.8, 4) is 5.75 Å². The van der Waals surface area contributed by atoms with E-state index in [0.717, 1.165) is 18.9 Å². The van der Waals surface area contributed by atoms with Crippen LogP contribution in [0.15, 0.2) is 24.3 Å². The lowest BCUT2D eigenvalue weighted by Crippen LogP contribution is -2.22. The maximum atomic E-state index is 5.82. The van der Waals surface area contributed by atoms with Crippen LogP contribution in [0, 0.1) is 0 Å². The average Bonchev–Trinajstić information content (AvgIpc) is 2.48. The van der Waals surface area contributed by atoms with E-state index in [1.165, 1.54) is 5.56 Å². The van der Waals surface area contributed by atoms with Crippen molar-refractivity contribution >= 4 is 0 Å². The smallest absolute Gasteiger partial charge is 0.123 e. The topological polar surface area (TPSA) is 39.7 Å².